The van der Waals surface area contributed by atoms with E-state index in [1.54, 1.807) is 12.1 Å². The standard InChI is InChI=1S/C13H16N2O5S/c1-10-2-4-11(5-3-10)21(18,19)20-7-6-15-9-12(16)14-8-13(15)17/h2-5H,6-9H2,1H3,(H,14,16). The molecule has 0 saturated carbocycles. The fraction of sp³-hybridized carbons (Fsp3) is 0.385. The van der Waals surface area contributed by atoms with Gasteiger partial charge in [-0.05, 0) is 19.1 Å². The number of aryl methyl sites for hydroxylation is 1. The predicted octanol–water partition coefficient (Wildman–Crippen LogP) is -0.341. The van der Waals surface area contributed by atoms with E-state index in [2.05, 4.69) is 5.32 Å². The maximum atomic E-state index is 11.9. The molecule has 1 heterocycles. The fourth-order valence-corrected chi connectivity index (χ4v) is 2.74. The molecule has 0 unspecified atom stereocenters. The molecule has 0 bridgehead atoms. The predicted molar refractivity (Wildman–Crippen MR) is 73.9 cm³/mol. The molecule has 0 radical (unpaired) electrons. The minimum absolute atomic E-state index is 0.0529. The van der Waals surface area contributed by atoms with Crippen molar-refractivity contribution in [2.45, 2.75) is 11.8 Å². The Bertz CT molecular complexity index is 639. The van der Waals surface area contributed by atoms with Crippen LogP contribution >= 0.6 is 0 Å². The molecule has 1 N–H and O–H groups in total. The van der Waals surface area contributed by atoms with Crippen LogP contribution in [-0.2, 0) is 23.9 Å². The topological polar surface area (TPSA) is 92.8 Å². The van der Waals surface area contributed by atoms with Crippen LogP contribution in [0, 0.1) is 6.92 Å². The average molecular weight is 312 g/mol. The van der Waals surface area contributed by atoms with E-state index < -0.39 is 10.1 Å². The third kappa shape index (κ3) is 4.02. The third-order valence-corrected chi connectivity index (χ3v) is 4.36. The molecule has 1 aliphatic heterocycles. The van der Waals surface area contributed by atoms with Crippen molar-refractivity contribution in [3.63, 3.8) is 0 Å². The van der Waals surface area contributed by atoms with Crippen LogP contribution < -0.4 is 5.32 Å². The number of amides is 2. The number of nitrogens with zero attached hydrogens (tertiary/aromatic N) is 1. The van der Waals surface area contributed by atoms with Gasteiger partial charge in [0, 0.05) is 6.54 Å². The molecular weight excluding hydrogens is 296 g/mol. The summed E-state index contributed by atoms with van der Waals surface area (Å²) in [5, 5.41) is 2.41. The quantitative estimate of drug-likeness (QED) is 0.751. The Balaban J connectivity index is 1.91. The van der Waals surface area contributed by atoms with Crippen molar-refractivity contribution < 1.29 is 22.2 Å². The lowest BCUT2D eigenvalue weighted by Crippen LogP contribution is -2.52. The maximum Gasteiger partial charge on any atom is 0.297 e. The van der Waals surface area contributed by atoms with Crippen LogP contribution in [0.25, 0.3) is 0 Å². The monoisotopic (exact) mass is 312 g/mol. The first kappa shape index (κ1) is 15.5. The van der Waals surface area contributed by atoms with Gasteiger partial charge in [-0.3, -0.25) is 13.8 Å². The van der Waals surface area contributed by atoms with Crippen LogP contribution in [0.5, 0.6) is 0 Å². The average Bonchev–Trinajstić information content (AvgIpc) is 2.43. The lowest BCUT2D eigenvalue weighted by molar-refractivity contribution is -0.140. The number of nitrogens with one attached hydrogen (secondary N) is 1. The summed E-state index contributed by atoms with van der Waals surface area (Å²) in [6.07, 6.45) is 0. The van der Waals surface area contributed by atoms with E-state index in [1.807, 2.05) is 6.92 Å². The molecule has 1 aromatic carbocycles. The molecule has 2 amide bonds. The number of piperazine rings is 1. The molecule has 0 aliphatic carbocycles. The summed E-state index contributed by atoms with van der Waals surface area (Å²) in [5.41, 5.74) is 0.943. The van der Waals surface area contributed by atoms with Gasteiger partial charge in [-0.15, -0.1) is 0 Å². The first-order valence-corrected chi connectivity index (χ1v) is 7.80. The van der Waals surface area contributed by atoms with Gasteiger partial charge in [0.05, 0.1) is 24.6 Å². The third-order valence-electron chi connectivity index (χ3n) is 3.03. The lowest BCUT2D eigenvalue weighted by Gasteiger charge is -2.26. The zero-order valence-corrected chi connectivity index (χ0v) is 12.4. The zero-order chi connectivity index (χ0) is 15.5. The van der Waals surface area contributed by atoms with Crippen molar-refractivity contribution in [3.8, 4) is 0 Å². The summed E-state index contributed by atoms with van der Waals surface area (Å²) >= 11 is 0. The normalized spacial score (nSPS) is 16.0. The first-order valence-electron chi connectivity index (χ1n) is 6.39. The second-order valence-electron chi connectivity index (χ2n) is 4.68. The van der Waals surface area contributed by atoms with Crippen LogP contribution in [0.1, 0.15) is 5.56 Å². The van der Waals surface area contributed by atoms with Crippen molar-refractivity contribution in [1.82, 2.24) is 10.2 Å². The maximum absolute atomic E-state index is 11.9. The van der Waals surface area contributed by atoms with Crippen molar-refractivity contribution in [2.24, 2.45) is 0 Å². The van der Waals surface area contributed by atoms with Gasteiger partial charge in [0.15, 0.2) is 0 Å². The Morgan fingerprint density at radius 2 is 1.90 bits per heavy atom. The van der Waals surface area contributed by atoms with Crippen LogP contribution in [0.15, 0.2) is 29.2 Å². The Kier molecular flexibility index (Phi) is 4.59. The van der Waals surface area contributed by atoms with Gasteiger partial charge in [-0.25, -0.2) is 0 Å². The molecule has 0 spiro atoms. The number of benzene rings is 1. The van der Waals surface area contributed by atoms with Gasteiger partial charge in [-0.2, -0.15) is 8.42 Å². The lowest BCUT2D eigenvalue weighted by atomic mass is 10.2. The Morgan fingerprint density at radius 1 is 1.24 bits per heavy atom. The van der Waals surface area contributed by atoms with E-state index in [0.717, 1.165) is 5.56 Å². The van der Waals surface area contributed by atoms with Crippen LogP contribution in [0.3, 0.4) is 0 Å². The largest absolute Gasteiger partial charge is 0.345 e. The van der Waals surface area contributed by atoms with Crippen LogP contribution in [0.4, 0.5) is 0 Å². The molecule has 1 aliphatic rings. The molecule has 7 nitrogen and oxygen atoms in total. The highest BCUT2D eigenvalue weighted by atomic mass is 32.2. The summed E-state index contributed by atoms with van der Waals surface area (Å²) in [6, 6.07) is 6.28. The van der Waals surface area contributed by atoms with Crippen LogP contribution in [-0.4, -0.2) is 51.4 Å². The number of carbonyl (C=O) groups is 2. The van der Waals surface area contributed by atoms with Crippen molar-refractivity contribution in [1.29, 1.82) is 0 Å². The molecule has 0 aromatic heterocycles. The molecule has 2 rings (SSSR count). The SMILES string of the molecule is Cc1ccc(S(=O)(=O)OCCN2CC(=O)NCC2=O)cc1. The molecule has 114 valence electrons. The van der Waals surface area contributed by atoms with E-state index in [9.17, 15) is 18.0 Å². The van der Waals surface area contributed by atoms with Crippen molar-refractivity contribution in [2.75, 3.05) is 26.2 Å². The van der Waals surface area contributed by atoms with Gasteiger partial charge in [0.2, 0.25) is 11.8 Å². The highest BCUT2D eigenvalue weighted by molar-refractivity contribution is 7.86. The fourth-order valence-electron chi connectivity index (χ4n) is 1.84. The highest BCUT2D eigenvalue weighted by Crippen LogP contribution is 2.13. The summed E-state index contributed by atoms with van der Waals surface area (Å²) in [6.45, 7) is 1.58. The Morgan fingerprint density at radius 3 is 2.57 bits per heavy atom. The van der Waals surface area contributed by atoms with Gasteiger partial charge >= 0.3 is 0 Å². The van der Waals surface area contributed by atoms with Gasteiger partial charge in [0.25, 0.3) is 10.1 Å². The van der Waals surface area contributed by atoms with E-state index >= 15 is 0 Å². The summed E-state index contributed by atoms with van der Waals surface area (Å²) in [5.74, 6) is -0.526. The minimum Gasteiger partial charge on any atom is -0.345 e. The zero-order valence-electron chi connectivity index (χ0n) is 11.5. The second kappa shape index (κ2) is 6.23. The molecule has 0 atom stereocenters. The smallest absolute Gasteiger partial charge is 0.297 e. The number of hydrogen-bond donors (Lipinski definition) is 1. The van der Waals surface area contributed by atoms with E-state index in [1.165, 1.54) is 17.0 Å². The molecule has 21 heavy (non-hydrogen) atoms. The first-order chi connectivity index (χ1) is 9.88. The molecule has 1 fully saturated rings. The molecule has 1 saturated heterocycles. The summed E-state index contributed by atoms with van der Waals surface area (Å²) in [4.78, 5) is 24.0. The second-order valence-corrected chi connectivity index (χ2v) is 6.30. The molecule has 8 heteroatoms. The van der Waals surface area contributed by atoms with Crippen molar-refractivity contribution in [3.05, 3.63) is 29.8 Å². The number of rotatable bonds is 5. The van der Waals surface area contributed by atoms with E-state index in [4.69, 9.17) is 4.18 Å². The number of hydrogen-bond acceptors (Lipinski definition) is 5. The van der Waals surface area contributed by atoms with E-state index in [-0.39, 0.29) is 43.0 Å². The number of carbonyl (C=O) groups excluding carboxylic acids is 2. The Labute approximate surface area is 123 Å². The Hall–Kier alpha value is -1.93. The minimum atomic E-state index is -3.85. The molecule has 1 aromatic rings. The van der Waals surface area contributed by atoms with Crippen LogP contribution in [0.2, 0.25) is 0 Å². The van der Waals surface area contributed by atoms with Crippen molar-refractivity contribution >= 4 is 21.9 Å². The molecular formula is C13H16N2O5S. The summed E-state index contributed by atoms with van der Waals surface area (Å²) < 4.78 is 28.7. The van der Waals surface area contributed by atoms with E-state index in [0.29, 0.717) is 0 Å². The van der Waals surface area contributed by atoms with Gasteiger partial charge < -0.3 is 10.2 Å². The van der Waals surface area contributed by atoms with Gasteiger partial charge in [-0.1, -0.05) is 17.7 Å². The summed E-state index contributed by atoms with van der Waals surface area (Å²) in [7, 11) is -3.85. The van der Waals surface area contributed by atoms with Gasteiger partial charge in [0.1, 0.15) is 0 Å². The highest BCUT2D eigenvalue weighted by Gasteiger charge is 2.23.